The van der Waals surface area contributed by atoms with E-state index in [0.29, 0.717) is 5.75 Å². The summed E-state index contributed by atoms with van der Waals surface area (Å²) in [5, 5.41) is 2.82. The number of benzene rings is 2. The van der Waals surface area contributed by atoms with Gasteiger partial charge in [0.2, 0.25) is 0 Å². The molecule has 0 unspecified atom stereocenters. The molecular formula is C16H17NO2. The number of hydrogen-bond donors (Lipinski definition) is 1. The summed E-state index contributed by atoms with van der Waals surface area (Å²) < 4.78 is 5.20. The molecule has 2 aromatic rings. The van der Waals surface area contributed by atoms with Crippen molar-refractivity contribution in [2.24, 2.45) is 0 Å². The van der Waals surface area contributed by atoms with E-state index in [1.807, 2.05) is 56.3 Å². The van der Waals surface area contributed by atoms with Crippen LogP contribution in [0.3, 0.4) is 0 Å². The van der Waals surface area contributed by atoms with E-state index < -0.39 is 6.09 Å². The number of ether oxygens (including phenoxy) is 1. The van der Waals surface area contributed by atoms with Gasteiger partial charge in [-0.15, -0.1) is 0 Å². The minimum absolute atomic E-state index is 0.0857. The predicted octanol–water partition coefficient (Wildman–Crippen LogP) is 3.84. The lowest BCUT2D eigenvalue weighted by Crippen LogP contribution is -2.29. The zero-order valence-corrected chi connectivity index (χ0v) is 11.1. The maximum atomic E-state index is 11.8. The molecule has 0 saturated carbocycles. The monoisotopic (exact) mass is 255 g/mol. The van der Waals surface area contributed by atoms with Crippen LogP contribution in [0.1, 0.15) is 24.1 Å². The quantitative estimate of drug-likeness (QED) is 0.904. The largest absolute Gasteiger partial charge is 0.413 e. The molecule has 0 aliphatic carbocycles. The van der Waals surface area contributed by atoms with Crippen molar-refractivity contribution in [1.82, 2.24) is 5.32 Å². The summed E-state index contributed by atoms with van der Waals surface area (Å²) in [4.78, 5) is 11.8. The Morgan fingerprint density at radius 3 is 2.37 bits per heavy atom. The van der Waals surface area contributed by atoms with E-state index in [1.165, 1.54) is 0 Å². The van der Waals surface area contributed by atoms with Crippen LogP contribution in [0, 0.1) is 6.92 Å². The van der Waals surface area contributed by atoms with Crippen LogP contribution in [-0.2, 0) is 0 Å². The average molecular weight is 255 g/mol. The molecule has 0 spiro atoms. The van der Waals surface area contributed by atoms with Crippen molar-refractivity contribution in [2.75, 3.05) is 0 Å². The van der Waals surface area contributed by atoms with Gasteiger partial charge in [-0.05, 0) is 37.1 Å². The van der Waals surface area contributed by atoms with Crippen LogP contribution in [0.4, 0.5) is 4.79 Å². The molecule has 3 nitrogen and oxygen atoms in total. The Hall–Kier alpha value is -2.29. The fourth-order valence-corrected chi connectivity index (χ4v) is 1.95. The van der Waals surface area contributed by atoms with Crippen LogP contribution < -0.4 is 10.1 Å². The van der Waals surface area contributed by atoms with Crippen molar-refractivity contribution >= 4 is 6.09 Å². The maximum absolute atomic E-state index is 11.8. The van der Waals surface area contributed by atoms with Gasteiger partial charge in [-0.2, -0.15) is 0 Å². The summed E-state index contributed by atoms with van der Waals surface area (Å²) in [6.07, 6.45) is -0.443. The summed E-state index contributed by atoms with van der Waals surface area (Å²) in [7, 11) is 0. The smallest absolute Gasteiger partial charge is 0.410 e. The summed E-state index contributed by atoms with van der Waals surface area (Å²) >= 11 is 0. The van der Waals surface area contributed by atoms with Gasteiger partial charge >= 0.3 is 6.09 Å². The molecular weight excluding hydrogens is 238 g/mol. The Balaban J connectivity index is 1.98. The van der Waals surface area contributed by atoms with Crippen molar-refractivity contribution in [2.45, 2.75) is 19.9 Å². The predicted molar refractivity (Wildman–Crippen MR) is 75.2 cm³/mol. The Bertz CT molecular complexity index is 552. The zero-order chi connectivity index (χ0) is 13.7. The number of aryl methyl sites for hydroxylation is 1. The molecule has 0 aromatic heterocycles. The number of nitrogens with one attached hydrogen (secondary N) is 1. The summed E-state index contributed by atoms with van der Waals surface area (Å²) in [5.41, 5.74) is 2.24. The number of carbonyl (C=O) groups excluding carboxylic acids is 1. The van der Waals surface area contributed by atoms with Crippen molar-refractivity contribution in [3.8, 4) is 5.75 Å². The molecule has 0 bridgehead atoms. The van der Waals surface area contributed by atoms with Crippen LogP contribution in [-0.4, -0.2) is 6.09 Å². The van der Waals surface area contributed by atoms with E-state index in [-0.39, 0.29) is 6.04 Å². The second-order valence-electron chi connectivity index (χ2n) is 4.43. The molecule has 0 aliphatic heterocycles. The molecule has 98 valence electrons. The summed E-state index contributed by atoms with van der Waals surface area (Å²) in [6.45, 7) is 3.96. The number of amides is 1. The van der Waals surface area contributed by atoms with Gasteiger partial charge in [0.15, 0.2) is 0 Å². The molecule has 3 heteroatoms. The average Bonchev–Trinajstić information content (AvgIpc) is 2.40. The van der Waals surface area contributed by atoms with Gasteiger partial charge < -0.3 is 10.1 Å². The van der Waals surface area contributed by atoms with E-state index >= 15 is 0 Å². The van der Waals surface area contributed by atoms with Crippen LogP contribution in [0.5, 0.6) is 5.75 Å². The van der Waals surface area contributed by atoms with Crippen molar-refractivity contribution < 1.29 is 9.53 Å². The van der Waals surface area contributed by atoms with Crippen molar-refractivity contribution in [1.29, 1.82) is 0 Å². The van der Waals surface area contributed by atoms with Gasteiger partial charge in [0, 0.05) is 0 Å². The molecule has 19 heavy (non-hydrogen) atoms. The summed E-state index contributed by atoms with van der Waals surface area (Å²) in [5.74, 6) is 0.539. The molecule has 0 aliphatic rings. The second kappa shape index (κ2) is 6.05. The fourth-order valence-electron chi connectivity index (χ4n) is 1.95. The Kier molecular flexibility index (Phi) is 4.18. The Labute approximate surface area is 113 Å². The van der Waals surface area contributed by atoms with E-state index in [4.69, 9.17) is 4.74 Å². The van der Waals surface area contributed by atoms with Gasteiger partial charge in [-0.3, -0.25) is 0 Å². The van der Waals surface area contributed by atoms with E-state index in [1.54, 1.807) is 12.1 Å². The molecule has 1 amide bonds. The van der Waals surface area contributed by atoms with Gasteiger partial charge in [-0.25, -0.2) is 4.79 Å². The van der Waals surface area contributed by atoms with Crippen molar-refractivity contribution in [3.63, 3.8) is 0 Å². The third-order valence-corrected chi connectivity index (χ3v) is 2.94. The van der Waals surface area contributed by atoms with Crippen molar-refractivity contribution in [3.05, 3.63) is 65.7 Å². The third-order valence-electron chi connectivity index (χ3n) is 2.94. The number of carbonyl (C=O) groups is 1. The lowest BCUT2D eigenvalue weighted by Gasteiger charge is -2.16. The van der Waals surface area contributed by atoms with Crippen LogP contribution in [0.25, 0.3) is 0 Å². The minimum atomic E-state index is -0.443. The van der Waals surface area contributed by atoms with E-state index in [9.17, 15) is 4.79 Å². The number of hydrogen-bond acceptors (Lipinski definition) is 2. The molecule has 1 atom stereocenters. The second-order valence-corrected chi connectivity index (χ2v) is 4.43. The lowest BCUT2D eigenvalue weighted by atomic mass is 10.0. The molecule has 0 heterocycles. The summed E-state index contributed by atoms with van der Waals surface area (Å²) in [6, 6.07) is 16.9. The van der Waals surface area contributed by atoms with Gasteiger partial charge in [0.05, 0.1) is 6.04 Å². The highest BCUT2D eigenvalue weighted by Crippen LogP contribution is 2.17. The van der Waals surface area contributed by atoms with Gasteiger partial charge in [0.1, 0.15) is 5.75 Å². The van der Waals surface area contributed by atoms with E-state index in [2.05, 4.69) is 5.32 Å². The number of para-hydroxylation sites is 1. The Morgan fingerprint density at radius 1 is 1.05 bits per heavy atom. The molecule has 2 rings (SSSR count). The SMILES string of the molecule is Cc1ccccc1[C@H](C)NC(=O)Oc1ccccc1. The maximum Gasteiger partial charge on any atom is 0.413 e. The first kappa shape index (κ1) is 13.1. The molecule has 2 aromatic carbocycles. The first-order valence-electron chi connectivity index (χ1n) is 6.26. The fraction of sp³-hybridized carbons (Fsp3) is 0.188. The highest BCUT2D eigenvalue weighted by atomic mass is 16.6. The first-order valence-corrected chi connectivity index (χ1v) is 6.26. The molecule has 0 fully saturated rings. The van der Waals surface area contributed by atoms with Gasteiger partial charge in [-0.1, -0.05) is 42.5 Å². The normalized spacial score (nSPS) is 11.7. The third kappa shape index (κ3) is 3.58. The number of rotatable bonds is 3. The standard InChI is InChI=1S/C16H17NO2/c1-12-8-6-7-11-15(12)13(2)17-16(18)19-14-9-4-3-5-10-14/h3-11,13H,1-2H3,(H,17,18)/t13-/m0/s1. The topological polar surface area (TPSA) is 38.3 Å². The molecule has 1 N–H and O–H groups in total. The van der Waals surface area contributed by atoms with Crippen LogP contribution >= 0.6 is 0 Å². The minimum Gasteiger partial charge on any atom is -0.410 e. The van der Waals surface area contributed by atoms with E-state index in [0.717, 1.165) is 11.1 Å². The molecule has 0 saturated heterocycles. The van der Waals surface area contributed by atoms with Crippen LogP contribution in [0.15, 0.2) is 54.6 Å². The lowest BCUT2D eigenvalue weighted by molar-refractivity contribution is 0.197. The zero-order valence-electron chi connectivity index (χ0n) is 11.1. The van der Waals surface area contributed by atoms with Crippen LogP contribution in [0.2, 0.25) is 0 Å². The highest BCUT2D eigenvalue weighted by Gasteiger charge is 2.12. The highest BCUT2D eigenvalue weighted by molar-refractivity contribution is 5.70. The van der Waals surface area contributed by atoms with Gasteiger partial charge in [0.25, 0.3) is 0 Å². The first-order chi connectivity index (χ1) is 9.16. The molecule has 0 radical (unpaired) electrons. The Morgan fingerprint density at radius 2 is 1.68 bits per heavy atom.